The number of aromatic amines is 6. The molecular formula is C107H102ClN33O4. The van der Waals surface area contributed by atoms with Gasteiger partial charge in [-0.3, -0.25) is 34.7 Å². The second kappa shape index (κ2) is 39.2. The van der Waals surface area contributed by atoms with Crippen LogP contribution in [0.2, 0.25) is 5.02 Å². The van der Waals surface area contributed by atoms with Gasteiger partial charge in [0.15, 0.2) is 11.7 Å². The van der Waals surface area contributed by atoms with Gasteiger partial charge in [-0.25, -0.2) is 54.6 Å². The third kappa shape index (κ3) is 18.7. The number of aromatic nitrogens is 22. The van der Waals surface area contributed by atoms with Gasteiger partial charge < -0.3 is 87.3 Å². The number of amides is 4. The molecule has 16 N–H and O–H groups in total. The maximum atomic E-state index is 12.7. The number of likely N-dealkylation sites (N-methyl/N-ethyl adjacent to an activating group) is 1. The molecule has 0 radical (unpaired) electrons. The molecule has 20 heterocycles. The largest absolute Gasteiger partial charge is 0.478 e. The van der Waals surface area contributed by atoms with E-state index < -0.39 is 0 Å². The van der Waals surface area contributed by atoms with Gasteiger partial charge in [0.1, 0.15) is 109 Å². The first kappa shape index (κ1) is 92.0. The summed E-state index contributed by atoms with van der Waals surface area (Å²) >= 11 is 6.08. The highest BCUT2D eigenvalue weighted by atomic mass is 35.5. The lowest BCUT2D eigenvalue weighted by atomic mass is 9.99. The number of nitrogens with two attached hydrogens (primary N) is 5. The first-order valence-electron chi connectivity index (χ1n) is 48.1. The molecule has 1 unspecified atom stereocenters. The number of ether oxygens (including phenoxy) is 1. The van der Waals surface area contributed by atoms with Crippen LogP contribution in [0, 0.1) is 0 Å². The number of aryl methyl sites for hydroxylation is 1. The average Bonchev–Trinajstić information content (AvgIpc) is 1.59. The highest BCUT2D eigenvalue weighted by Crippen LogP contribution is 2.40. The third-order valence-corrected chi connectivity index (χ3v) is 27.4. The fourth-order valence-electron chi connectivity index (χ4n) is 19.7. The number of allylic oxidation sites excluding steroid dienone is 1. The normalized spacial score (nSPS) is 14.9. The molecule has 5 saturated heterocycles. The summed E-state index contributed by atoms with van der Waals surface area (Å²) < 4.78 is 7.64. The summed E-state index contributed by atoms with van der Waals surface area (Å²) in [6, 6.07) is 54.1. The summed E-state index contributed by atoms with van der Waals surface area (Å²) in [4.78, 5) is 121. The number of nitrogens with zero attached hydrogens (tertiary/aromatic N) is 22. The van der Waals surface area contributed by atoms with Crippen molar-refractivity contribution < 1.29 is 19.1 Å². The van der Waals surface area contributed by atoms with Crippen molar-refractivity contribution in [1.29, 1.82) is 0 Å². The highest BCUT2D eigenvalue weighted by Gasteiger charge is 2.34. The first-order valence-corrected chi connectivity index (χ1v) is 48.5. The number of hydrogen-bond donors (Lipinski definition) is 11. The number of halogens is 1. The molecule has 5 fully saturated rings. The number of urea groups is 1. The summed E-state index contributed by atoms with van der Waals surface area (Å²) in [6.07, 6.45) is 20.4. The number of carbonyl (C=O) groups is 3. The Hall–Kier alpha value is -18.0. The summed E-state index contributed by atoms with van der Waals surface area (Å²) in [5.74, 6) is 7.31. The minimum Gasteiger partial charge on any atom is -0.478 e. The number of hydrogen-bond acceptors (Lipinski definition) is 26. The number of imidazole rings is 5. The van der Waals surface area contributed by atoms with E-state index in [1.54, 1.807) is 54.0 Å². The molecule has 0 bridgehead atoms. The maximum absolute atomic E-state index is 12.7. The van der Waals surface area contributed by atoms with Crippen molar-refractivity contribution in [3.63, 3.8) is 0 Å². The molecule has 37 nitrogen and oxygen atoms in total. The van der Waals surface area contributed by atoms with Crippen LogP contribution in [-0.2, 0) is 53.6 Å². The van der Waals surface area contributed by atoms with Gasteiger partial charge in [0.05, 0.1) is 88.8 Å². The fraction of sp³-hybridized carbons (Fsp3) is 0.215. The van der Waals surface area contributed by atoms with Gasteiger partial charge in [-0.05, 0) is 139 Å². The number of unbranched alkanes of at least 4 members (excludes halogenated alkanes) is 1. The monoisotopic (exact) mass is 1950 g/mol. The van der Waals surface area contributed by atoms with Gasteiger partial charge in [-0.15, -0.1) is 0 Å². The Morgan fingerprint density at radius 3 is 1.36 bits per heavy atom. The lowest BCUT2D eigenvalue weighted by Crippen LogP contribution is -2.29. The molecule has 0 spiro atoms. The first-order chi connectivity index (χ1) is 70.7. The molecule has 26 rings (SSSR count). The van der Waals surface area contributed by atoms with E-state index in [4.69, 9.17) is 69.9 Å². The molecule has 15 aromatic heterocycles. The Kier molecular flexibility index (Phi) is 24.9. The summed E-state index contributed by atoms with van der Waals surface area (Å²) in [7, 11) is 1.80. The van der Waals surface area contributed by atoms with Crippen molar-refractivity contribution in [2.45, 2.75) is 97.1 Å². The number of nitrogens with one attached hydrogen (secondary N) is 6. The van der Waals surface area contributed by atoms with Gasteiger partial charge in [-0.1, -0.05) is 110 Å². The van der Waals surface area contributed by atoms with Crippen LogP contribution < -0.4 is 28.7 Å². The number of benzene rings is 6. The number of rotatable bonds is 19. The van der Waals surface area contributed by atoms with Crippen LogP contribution >= 0.6 is 11.6 Å². The number of anilines is 5. The van der Waals surface area contributed by atoms with Gasteiger partial charge >= 0.3 is 6.03 Å². The number of nitrogen functional groups attached to an aromatic ring is 5. The molecule has 38 heteroatoms. The van der Waals surface area contributed by atoms with Crippen LogP contribution in [-0.4, -0.2) is 210 Å². The fourth-order valence-corrected chi connectivity index (χ4v) is 19.8. The molecule has 145 heavy (non-hydrogen) atoms. The lowest BCUT2D eigenvalue weighted by Gasteiger charge is -2.17. The molecule has 4 amide bonds. The van der Waals surface area contributed by atoms with E-state index in [1.165, 1.54) is 5.56 Å². The Morgan fingerprint density at radius 1 is 0.421 bits per heavy atom. The summed E-state index contributed by atoms with van der Waals surface area (Å²) in [6.45, 7) is 19.1. The number of pyridine rings is 8. The third-order valence-electron chi connectivity index (χ3n) is 27.2. The molecule has 726 valence electrons. The Balaban J connectivity index is 0.000000104. The van der Waals surface area contributed by atoms with Crippen LogP contribution in [0.3, 0.4) is 0 Å². The van der Waals surface area contributed by atoms with Crippen LogP contribution in [0.5, 0.6) is 0 Å². The van der Waals surface area contributed by atoms with E-state index in [-0.39, 0.29) is 23.8 Å². The molecule has 0 aliphatic carbocycles. The topological polar surface area (TPSA) is 503 Å². The van der Waals surface area contributed by atoms with E-state index in [0.29, 0.717) is 128 Å². The maximum Gasteiger partial charge on any atom is 0.320 e. The predicted molar refractivity (Wildman–Crippen MR) is 564 cm³/mol. The molecule has 5 aliphatic rings. The number of H-pyrrole nitrogens is 6. The van der Waals surface area contributed by atoms with E-state index in [9.17, 15) is 14.4 Å². The average molecular weight is 1950 g/mol. The number of fused-ring (bicyclic) bond motifs is 15. The number of likely N-dealkylation sites (tertiary alicyclic amines) is 3. The molecule has 6 aromatic carbocycles. The van der Waals surface area contributed by atoms with Crippen molar-refractivity contribution >= 4 is 168 Å². The van der Waals surface area contributed by atoms with E-state index in [1.807, 2.05) is 161 Å². The highest BCUT2D eigenvalue weighted by molar-refractivity contribution is 6.30. The molecular weight excluding hydrogens is 1850 g/mol. The predicted octanol–water partition coefficient (Wildman–Crippen LogP) is 17.3. The zero-order valence-corrected chi connectivity index (χ0v) is 80.3. The molecule has 1 atom stereocenters. The van der Waals surface area contributed by atoms with Crippen molar-refractivity contribution in [2.24, 2.45) is 0 Å². The second-order valence-corrected chi connectivity index (χ2v) is 37.1. The zero-order chi connectivity index (χ0) is 99.2. The van der Waals surface area contributed by atoms with Crippen molar-refractivity contribution in [3.05, 3.63) is 278 Å². The Morgan fingerprint density at radius 2 is 0.897 bits per heavy atom. The van der Waals surface area contributed by atoms with Crippen molar-refractivity contribution in [2.75, 3.05) is 81.6 Å². The minimum atomic E-state index is 0.00982. The smallest absolute Gasteiger partial charge is 0.320 e. The van der Waals surface area contributed by atoms with Crippen LogP contribution in [0.25, 0.3) is 166 Å². The lowest BCUT2D eigenvalue weighted by molar-refractivity contribution is -0.129. The summed E-state index contributed by atoms with van der Waals surface area (Å²) in [5, 5.41) is 19.3. The van der Waals surface area contributed by atoms with Crippen molar-refractivity contribution in [3.8, 4) is 55.9 Å². The SMILES string of the molecule is C=C1CCCN1Cc1nc2c([nH]1)c(N)nc1cc(-c3cncc(Cl)c3)ccc12.C=C1OCCN1Cc1nc2c([nH]1)c(N)nc1cc(-c3ccn[nH]3)ccc12.CCCCn1c(CN2CCCC2=O)nc2c(N)nc3cc(-c4cccnc4)ccc3c21.CN1CCN(Cc2nc3c([nH]2)c(N)nc2cc(-c4ccn[nH]4)ccc23)C1=O.Nc1nc2cc(-c3cccnc3)ccc2c2nc(CN3CC(c4ccccc4)CC3=O)[nH]c12. The van der Waals surface area contributed by atoms with Crippen LogP contribution in [0.1, 0.15) is 92.5 Å². The minimum absolute atomic E-state index is 0.00982. The van der Waals surface area contributed by atoms with Crippen LogP contribution in [0.4, 0.5) is 33.9 Å². The van der Waals surface area contributed by atoms with E-state index >= 15 is 0 Å². The van der Waals surface area contributed by atoms with E-state index in [0.717, 1.165) is 243 Å². The van der Waals surface area contributed by atoms with Gasteiger partial charge in [0, 0.05) is 175 Å². The Bertz CT molecular complexity index is 8560. The molecule has 0 saturated carbocycles. The molecule has 5 aliphatic heterocycles. The zero-order valence-electron chi connectivity index (χ0n) is 79.6. The summed E-state index contributed by atoms with van der Waals surface area (Å²) in [5.41, 5.74) is 55.4. The van der Waals surface area contributed by atoms with Gasteiger partial charge in [-0.2, -0.15) is 10.2 Å². The second-order valence-electron chi connectivity index (χ2n) is 36.7. The van der Waals surface area contributed by atoms with Gasteiger partial charge in [0.2, 0.25) is 11.8 Å². The quantitative estimate of drug-likeness (QED) is 0.0358. The number of carbonyl (C=O) groups excluding carboxylic acids is 3. The standard InChI is InChI=1S/C26H22N6O.C24H26N6O.C21H19ClN6.C18H18N8O.C18H17N7O/c27-26-25-24(20-9-8-17(11-21(20)29-26)18-7-4-10-28-13-18)30-22(31-25)15-32-14-19(12-23(32)33)16-5-2-1-3-6-16;1-2-3-12-30-20(15-29-11-5-7-21(29)31)28-22-23(30)18-9-8-16(13-19(18)27-24(22)25)17-6-4-10-26-14-17;1-12-3-2-6-28(12)11-18-26-19-16-5-4-13(14-7-15(22)10-24-9-14)8-17(16)25-21(23)20(19)27-18;1-25-6-7-26(18(25)27)9-14-22-15-11-3-2-10(12-4-5-20-24-12)8-13(11)21-17(19)16(15)23-14;1-10-25(6-7-26-10)9-15-22-16-12-3-2-11(13-4-5-20-24-13)8-14(12)21-18(19)17(16)23-15/h1-11,13,19H,12,14-15H2,(H2,27,29)(H,30,31);4,6,8-10,13-14H,2-3,5,7,11-12,15H2,1H3,(H2,25,27);4-5,7-10H,1-3,6,11H2,(H2,23,25)(H,26,27);2-5,8H,6-7,9H2,1H3,(H2,19,21)(H,20,24)(H,22,23);2-5,8H,1,6-7,9H2,(H2,19,21)(H,20,24)(H,22,23). The molecule has 21 aromatic rings. The van der Waals surface area contributed by atoms with Crippen LogP contribution in [0.15, 0.2) is 238 Å². The Labute approximate surface area is 833 Å². The van der Waals surface area contributed by atoms with E-state index in [2.05, 4.69) is 140 Å². The van der Waals surface area contributed by atoms with Crippen molar-refractivity contribution in [1.82, 2.24) is 139 Å². The van der Waals surface area contributed by atoms with Gasteiger partial charge in [0.25, 0.3) is 0 Å².